The minimum absolute atomic E-state index is 0.0359. The van der Waals surface area contributed by atoms with Gasteiger partial charge in [-0.1, -0.05) is 88.4 Å². The summed E-state index contributed by atoms with van der Waals surface area (Å²) in [7, 11) is 3.32. The van der Waals surface area contributed by atoms with Crippen molar-refractivity contribution in [3.05, 3.63) is 36.0 Å². The van der Waals surface area contributed by atoms with Gasteiger partial charge in [-0.2, -0.15) is 0 Å². The first-order valence-electron chi connectivity index (χ1n) is 19.4. The molecule has 0 aromatic carbocycles. The highest BCUT2D eigenvalue weighted by atomic mass is 16.7. The van der Waals surface area contributed by atoms with Crippen LogP contribution in [0.3, 0.4) is 0 Å². The Morgan fingerprint density at radius 2 is 1.58 bits per heavy atom. The molecule has 50 heavy (non-hydrogen) atoms. The van der Waals surface area contributed by atoms with E-state index in [-0.39, 0.29) is 55.5 Å². The minimum Gasteiger partial charge on any atom is -0.455 e. The zero-order chi connectivity index (χ0) is 35.8. The number of carbonyl (C=O) groups excluding carboxylic acids is 1. The third-order valence-corrected chi connectivity index (χ3v) is 9.64. The number of hydrogen-bond acceptors (Lipinski definition) is 9. The van der Waals surface area contributed by atoms with Gasteiger partial charge in [-0.15, -0.1) is 0 Å². The first-order chi connectivity index (χ1) is 24.4. The van der Waals surface area contributed by atoms with E-state index in [1.165, 1.54) is 44.9 Å². The van der Waals surface area contributed by atoms with Crippen molar-refractivity contribution in [2.24, 2.45) is 0 Å². The molecule has 0 aromatic heterocycles. The van der Waals surface area contributed by atoms with E-state index < -0.39 is 6.10 Å². The third kappa shape index (κ3) is 16.5. The van der Waals surface area contributed by atoms with E-state index in [0.717, 1.165) is 57.8 Å². The predicted molar refractivity (Wildman–Crippen MR) is 195 cm³/mol. The van der Waals surface area contributed by atoms with Crippen molar-refractivity contribution < 1.29 is 43.1 Å². The highest BCUT2D eigenvalue weighted by Crippen LogP contribution is 2.35. The molecule has 2 fully saturated rings. The quantitative estimate of drug-likeness (QED) is 0.0317. The molecule has 9 nitrogen and oxygen atoms in total. The number of aliphatic hydroxyl groups is 1. The number of hydrogen-bond donors (Lipinski definition) is 1. The van der Waals surface area contributed by atoms with Gasteiger partial charge in [0.1, 0.15) is 25.8 Å². The summed E-state index contributed by atoms with van der Waals surface area (Å²) < 4.78 is 40.9. The summed E-state index contributed by atoms with van der Waals surface area (Å²) in [6.45, 7) is 4.59. The molecule has 3 aliphatic heterocycles. The number of methoxy groups -OCH3 is 2. The molecule has 8 atom stereocenters. The fourth-order valence-corrected chi connectivity index (χ4v) is 6.96. The first-order valence-corrected chi connectivity index (χ1v) is 19.4. The second-order valence-corrected chi connectivity index (χ2v) is 13.9. The number of cyclic esters (lactones) is 1. The SMILES string of the molecule is CCCCCCCCCC[C@@H](OCOC)[C@H]1CC[C@H]([C@H]2CC[C@H]([C@@H](/C=C/CCCC#C/C=C/C[C@@H](O)CC3=C[C@H](C)OC3=O)OCOC)O2)O1. The van der Waals surface area contributed by atoms with E-state index in [0.29, 0.717) is 25.2 Å². The summed E-state index contributed by atoms with van der Waals surface area (Å²) in [5.41, 5.74) is 0.546. The van der Waals surface area contributed by atoms with Crippen LogP contribution in [0.25, 0.3) is 0 Å². The van der Waals surface area contributed by atoms with Gasteiger partial charge in [0.2, 0.25) is 0 Å². The molecule has 0 radical (unpaired) electrons. The predicted octanol–water partition coefficient (Wildman–Crippen LogP) is 7.89. The van der Waals surface area contributed by atoms with Crippen LogP contribution in [0.5, 0.6) is 0 Å². The Bertz CT molecular complexity index is 1080. The fraction of sp³-hybridized carbons (Fsp3) is 0.780. The highest BCUT2D eigenvalue weighted by Gasteiger charge is 2.41. The van der Waals surface area contributed by atoms with Crippen LogP contribution in [0.4, 0.5) is 0 Å². The van der Waals surface area contributed by atoms with Crippen LogP contribution < -0.4 is 0 Å². The molecule has 0 bridgehead atoms. The molecule has 0 aromatic rings. The molecule has 0 spiro atoms. The number of carbonyl (C=O) groups is 1. The Morgan fingerprint density at radius 3 is 2.28 bits per heavy atom. The molecule has 0 aliphatic carbocycles. The molecule has 0 unspecified atom stereocenters. The van der Waals surface area contributed by atoms with E-state index in [1.807, 2.05) is 13.0 Å². The Morgan fingerprint density at radius 1 is 0.900 bits per heavy atom. The van der Waals surface area contributed by atoms with Crippen LogP contribution in [0.15, 0.2) is 36.0 Å². The molecule has 3 aliphatic rings. The molecule has 3 rings (SSSR count). The number of esters is 1. The van der Waals surface area contributed by atoms with Crippen LogP contribution in [-0.4, -0.2) is 87.7 Å². The van der Waals surface area contributed by atoms with Crippen molar-refractivity contribution >= 4 is 5.97 Å². The summed E-state index contributed by atoms with van der Waals surface area (Å²) in [4.78, 5) is 11.7. The summed E-state index contributed by atoms with van der Waals surface area (Å²) in [6.07, 6.45) is 27.4. The standard InChI is InChI=1S/C41H66O9/c1-5-6-7-8-9-13-16-19-22-35(46-30-44-3)37-24-26-39(49-37)40-27-25-38(50-40)36(47-31-45-4)23-20-17-14-11-10-12-15-18-21-34(42)29-33-28-32(2)48-41(33)43/h15,18,20,23,28,32,34-40,42H,5-9,11,13-14,16-17,19,21-22,24-27,29-31H2,1-4H3/b18-15+,23-20+/t32-,34+,35+,36+,37+,38+,39+,40+/m0/s1. The van der Waals surface area contributed by atoms with Gasteiger partial charge in [-0.05, 0) is 70.4 Å². The smallest absolute Gasteiger partial charge is 0.334 e. The molecule has 1 N–H and O–H groups in total. The van der Waals surface area contributed by atoms with Crippen LogP contribution in [0.1, 0.15) is 129 Å². The second-order valence-electron chi connectivity index (χ2n) is 13.9. The number of allylic oxidation sites excluding steroid dienone is 2. The molecule has 0 saturated carbocycles. The van der Waals surface area contributed by atoms with Crippen molar-refractivity contribution in [1.29, 1.82) is 0 Å². The molecule has 9 heteroatoms. The van der Waals surface area contributed by atoms with Gasteiger partial charge >= 0.3 is 5.97 Å². The Labute approximate surface area is 302 Å². The van der Waals surface area contributed by atoms with E-state index in [4.69, 9.17) is 33.2 Å². The molecule has 0 amide bonds. The van der Waals surface area contributed by atoms with E-state index >= 15 is 0 Å². The molecule has 3 heterocycles. The van der Waals surface area contributed by atoms with Crippen LogP contribution in [-0.2, 0) is 38.0 Å². The normalized spacial score (nSPS) is 25.6. The summed E-state index contributed by atoms with van der Waals surface area (Å²) in [6, 6.07) is 0. The number of aliphatic hydroxyl groups excluding tert-OH is 1. The molecule has 284 valence electrons. The summed E-state index contributed by atoms with van der Waals surface area (Å²) in [5.74, 6) is 5.87. The maximum absolute atomic E-state index is 11.7. The van der Waals surface area contributed by atoms with Crippen molar-refractivity contribution in [2.45, 2.75) is 178 Å². The van der Waals surface area contributed by atoms with Crippen LogP contribution in [0, 0.1) is 11.8 Å². The zero-order valence-electron chi connectivity index (χ0n) is 31.4. The van der Waals surface area contributed by atoms with E-state index in [2.05, 4.69) is 30.9 Å². The lowest BCUT2D eigenvalue weighted by Gasteiger charge is -2.26. The average Bonchev–Trinajstić information content (AvgIpc) is 3.86. The lowest BCUT2D eigenvalue weighted by atomic mass is 10.0. The third-order valence-electron chi connectivity index (χ3n) is 9.64. The van der Waals surface area contributed by atoms with Gasteiger partial charge < -0.3 is 38.3 Å². The lowest BCUT2D eigenvalue weighted by Crippen LogP contribution is -2.34. The van der Waals surface area contributed by atoms with Crippen molar-refractivity contribution in [2.75, 3.05) is 27.8 Å². The minimum atomic E-state index is -0.625. The largest absolute Gasteiger partial charge is 0.455 e. The Kier molecular flexibility index (Phi) is 21.9. The average molecular weight is 703 g/mol. The van der Waals surface area contributed by atoms with Crippen LogP contribution in [0.2, 0.25) is 0 Å². The van der Waals surface area contributed by atoms with E-state index in [1.54, 1.807) is 26.4 Å². The fourth-order valence-electron chi connectivity index (χ4n) is 6.96. The second kappa shape index (κ2) is 25.8. The van der Waals surface area contributed by atoms with Crippen molar-refractivity contribution in [1.82, 2.24) is 0 Å². The van der Waals surface area contributed by atoms with Crippen molar-refractivity contribution in [3.8, 4) is 11.8 Å². The number of unbranched alkanes of at least 4 members (excludes halogenated alkanes) is 9. The number of rotatable bonds is 26. The van der Waals surface area contributed by atoms with Gasteiger partial charge in [0, 0.05) is 32.6 Å². The Hall–Kier alpha value is -2.03. The zero-order valence-corrected chi connectivity index (χ0v) is 31.4. The topological polar surface area (TPSA) is 102 Å². The molecular weight excluding hydrogens is 636 g/mol. The van der Waals surface area contributed by atoms with Gasteiger partial charge in [-0.25, -0.2) is 4.79 Å². The van der Waals surface area contributed by atoms with Gasteiger partial charge in [0.15, 0.2) is 0 Å². The number of ether oxygens (including phenoxy) is 7. The Balaban J connectivity index is 1.35. The van der Waals surface area contributed by atoms with Gasteiger partial charge in [0.05, 0.1) is 36.6 Å². The van der Waals surface area contributed by atoms with Gasteiger partial charge in [-0.3, -0.25) is 0 Å². The van der Waals surface area contributed by atoms with Crippen LogP contribution >= 0.6 is 0 Å². The van der Waals surface area contributed by atoms with Gasteiger partial charge in [0.25, 0.3) is 0 Å². The molecular formula is C41H66O9. The maximum Gasteiger partial charge on any atom is 0.334 e. The molecule has 2 saturated heterocycles. The highest BCUT2D eigenvalue weighted by molar-refractivity contribution is 5.90. The monoisotopic (exact) mass is 702 g/mol. The maximum atomic E-state index is 11.7. The van der Waals surface area contributed by atoms with Crippen molar-refractivity contribution in [3.63, 3.8) is 0 Å². The summed E-state index contributed by atoms with van der Waals surface area (Å²) >= 11 is 0. The van der Waals surface area contributed by atoms with E-state index in [9.17, 15) is 9.90 Å². The first kappa shape index (κ1) is 42.4. The summed E-state index contributed by atoms with van der Waals surface area (Å²) in [5, 5.41) is 10.2. The lowest BCUT2D eigenvalue weighted by molar-refractivity contribution is -0.151.